The first-order valence-electron chi connectivity index (χ1n) is 5.55. The zero-order valence-corrected chi connectivity index (χ0v) is 8.34. The largest absolute Gasteiger partial charge is 0.311 e. The summed E-state index contributed by atoms with van der Waals surface area (Å²) in [5.74, 6) is 1.98. The maximum absolute atomic E-state index is 3.70. The van der Waals surface area contributed by atoms with Crippen molar-refractivity contribution >= 4 is 0 Å². The van der Waals surface area contributed by atoms with Crippen LogP contribution in [0.15, 0.2) is 0 Å². The van der Waals surface area contributed by atoms with Crippen LogP contribution in [0.2, 0.25) is 0 Å². The molecule has 3 unspecified atom stereocenters. The Labute approximate surface area is 75.9 Å². The molecular formula is C11H21N. The van der Waals surface area contributed by atoms with Crippen molar-refractivity contribution in [2.24, 2.45) is 11.8 Å². The van der Waals surface area contributed by atoms with Gasteiger partial charge in [0.05, 0.1) is 0 Å². The molecule has 1 nitrogen and oxygen atoms in total. The lowest BCUT2D eigenvalue weighted by atomic mass is 9.81. The second-order valence-corrected chi connectivity index (χ2v) is 4.75. The maximum atomic E-state index is 3.70. The molecule has 0 saturated carbocycles. The fourth-order valence-electron chi connectivity index (χ4n) is 2.90. The number of rotatable bonds is 2. The molecule has 3 atom stereocenters. The van der Waals surface area contributed by atoms with Crippen LogP contribution in [0.4, 0.5) is 0 Å². The molecule has 0 amide bonds. The average molecular weight is 167 g/mol. The van der Waals surface area contributed by atoms with Gasteiger partial charge in [-0.15, -0.1) is 0 Å². The minimum atomic E-state index is 0.878. The third kappa shape index (κ3) is 1.52. The van der Waals surface area contributed by atoms with E-state index in [-0.39, 0.29) is 0 Å². The van der Waals surface area contributed by atoms with Crippen molar-refractivity contribution < 1.29 is 0 Å². The Bertz CT molecular complexity index is 143. The van der Waals surface area contributed by atoms with Gasteiger partial charge in [-0.25, -0.2) is 0 Å². The van der Waals surface area contributed by atoms with Crippen LogP contribution >= 0.6 is 0 Å². The van der Waals surface area contributed by atoms with Gasteiger partial charge in [0.1, 0.15) is 0 Å². The van der Waals surface area contributed by atoms with Crippen LogP contribution in [-0.4, -0.2) is 12.1 Å². The van der Waals surface area contributed by atoms with Crippen LogP contribution in [0.25, 0.3) is 0 Å². The molecule has 0 aromatic heterocycles. The molecule has 2 aliphatic rings. The normalized spacial score (nSPS) is 43.0. The number of fused-ring (bicyclic) bond motifs is 2. The molecule has 0 aliphatic carbocycles. The summed E-state index contributed by atoms with van der Waals surface area (Å²) in [7, 11) is 0. The first kappa shape index (κ1) is 8.55. The molecular weight excluding hydrogens is 146 g/mol. The third-order valence-corrected chi connectivity index (χ3v) is 3.96. The predicted octanol–water partition coefficient (Wildman–Crippen LogP) is 2.56. The predicted molar refractivity (Wildman–Crippen MR) is 52.1 cm³/mol. The molecule has 12 heavy (non-hydrogen) atoms. The lowest BCUT2D eigenvalue weighted by Gasteiger charge is -2.32. The van der Waals surface area contributed by atoms with Crippen molar-refractivity contribution in [3.8, 4) is 0 Å². The van der Waals surface area contributed by atoms with E-state index in [1.165, 1.54) is 32.1 Å². The van der Waals surface area contributed by atoms with Gasteiger partial charge in [0.2, 0.25) is 0 Å². The Morgan fingerprint density at radius 3 is 2.33 bits per heavy atom. The molecule has 0 aromatic carbocycles. The standard InChI is InChI=1S/C11H21N/c1-3-8(2)9-6-10-4-5-11(7-9)12-10/h8-12H,3-7H2,1-2H3. The van der Waals surface area contributed by atoms with Crippen molar-refractivity contribution in [2.45, 2.75) is 58.0 Å². The van der Waals surface area contributed by atoms with E-state index in [9.17, 15) is 0 Å². The average Bonchev–Trinajstić information content (AvgIpc) is 2.44. The van der Waals surface area contributed by atoms with Crippen LogP contribution < -0.4 is 5.32 Å². The highest BCUT2D eigenvalue weighted by molar-refractivity contribution is 4.92. The van der Waals surface area contributed by atoms with E-state index in [1.807, 2.05) is 0 Å². The fraction of sp³-hybridized carbons (Fsp3) is 1.00. The molecule has 2 saturated heterocycles. The zero-order valence-electron chi connectivity index (χ0n) is 8.34. The van der Waals surface area contributed by atoms with E-state index in [0.717, 1.165) is 23.9 Å². The summed E-state index contributed by atoms with van der Waals surface area (Å²) in [6.45, 7) is 4.75. The topological polar surface area (TPSA) is 12.0 Å². The molecule has 0 radical (unpaired) electrons. The van der Waals surface area contributed by atoms with E-state index in [1.54, 1.807) is 0 Å². The summed E-state index contributed by atoms with van der Waals surface area (Å²) in [6.07, 6.45) is 7.15. The van der Waals surface area contributed by atoms with Crippen LogP contribution in [0, 0.1) is 11.8 Å². The van der Waals surface area contributed by atoms with Crippen molar-refractivity contribution in [3.63, 3.8) is 0 Å². The Balaban J connectivity index is 1.93. The highest BCUT2D eigenvalue weighted by atomic mass is 15.0. The second kappa shape index (κ2) is 3.37. The van der Waals surface area contributed by atoms with Crippen molar-refractivity contribution in [1.29, 1.82) is 0 Å². The second-order valence-electron chi connectivity index (χ2n) is 4.75. The van der Waals surface area contributed by atoms with Crippen LogP contribution in [0.5, 0.6) is 0 Å². The summed E-state index contributed by atoms with van der Waals surface area (Å²) < 4.78 is 0. The summed E-state index contributed by atoms with van der Waals surface area (Å²) in [5.41, 5.74) is 0. The molecule has 2 bridgehead atoms. The van der Waals surface area contributed by atoms with Gasteiger partial charge in [-0.3, -0.25) is 0 Å². The SMILES string of the molecule is CCC(C)C1CC2CCC(C1)N2. The van der Waals surface area contributed by atoms with Gasteiger partial charge in [0.25, 0.3) is 0 Å². The van der Waals surface area contributed by atoms with Gasteiger partial charge in [-0.05, 0) is 37.5 Å². The fourth-order valence-corrected chi connectivity index (χ4v) is 2.90. The Morgan fingerprint density at radius 1 is 1.25 bits per heavy atom. The number of hydrogen-bond donors (Lipinski definition) is 1. The quantitative estimate of drug-likeness (QED) is 0.666. The van der Waals surface area contributed by atoms with E-state index in [0.29, 0.717) is 0 Å². The van der Waals surface area contributed by atoms with Gasteiger partial charge in [-0.1, -0.05) is 20.3 Å². The van der Waals surface area contributed by atoms with Crippen LogP contribution in [-0.2, 0) is 0 Å². The minimum Gasteiger partial charge on any atom is -0.311 e. The monoisotopic (exact) mass is 167 g/mol. The molecule has 0 aromatic rings. The molecule has 2 fully saturated rings. The highest BCUT2D eigenvalue weighted by Crippen LogP contribution is 2.35. The van der Waals surface area contributed by atoms with Crippen molar-refractivity contribution in [2.75, 3.05) is 0 Å². The van der Waals surface area contributed by atoms with E-state index in [4.69, 9.17) is 0 Å². The van der Waals surface area contributed by atoms with Crippen molar-refractivity contribution in [3.05, 3.63) is 0 Å². The van der Waals surface area contributed by atoms with Gasteiger partial charge < -0.3 is 5.32 Å². The summed E-state index contributed by atoms with van der Waals surface area (Å²) in [4.78, 5) is 0. The highest BCUT2D eigenvalue weighted by Gasteiger charge is 2.34. The van der Waals surface area contributed by atoms with Crippen molar-refractivity contribution in [1.82, 2.24) is 5.32 Å². The number of piperidine rings is 1. The number of nitrogens with one attached hydrogen (secondary N) is 1. The maximum Gasteiger partial charge on any atom is 0.00729 e. The summed E-state index contributed by atoms with van der Waals surface area (Å²) >= 11 is 0. The van der Waals surface area contributed by atoms with E-state index >= 15 is 0 Å². The minimum absolute atomic E-state index is 0.878. The number of hydrogen-bond acceptors (Lipinski definition) is 1. The summed E-state index contributed by atoms with van der Waals surface area (Å²) in [5, 5.41) is 3.70. The molecule has 1 heteroatoms. The molecule has 2 heterocycles. The molecule has 1 N–H and O–H groups in total. The first-order valence-corrected chi connectivity index (χ1v) is 5.55. The van der Waals surface area contributed by atoms with Crippen LogP contribution in [0.3, 0.4) is 0 Å². The molecule has 2 rings (SSSR count). The first-order chi connectivity index (χ1) is 5.79. The van der Waals surface area contributed by atoms with E-state index < -0.39 is 0 Å². The van der Waals surface area contributed by atoms with Crippen LogP contribution in [0.1, 0.15) is 46.0 Å². The summed E-state index contributed by atoms with van der Waals surface area (Å²) in [6, 6.07) is 1.76. The smallest absolute Gasteiger partial charge is 0.00729 e. The molecule has 2 aliphatic heterocycles. The zero-order chi connectivity index (χ0) is 8.55. The Morgan fingerprint density at radius 2 is 1.83 bits per heavy atom. The van der Waals surface area contributed by atoms with E-state index in [2.05, 4.69) is 19.2 Å². The van der Waals surface area contributed by atoms with Gasteiger partial charge in [-0.2, -0.15) is 0 Å². The Kier molecular flexibility index (Phi) is 2.40. The molecule has 0 spiro atoms. The van der Waals surface area contributed by atoms with Gasteiger partial charge in [0, 0.05) is 12.1 Å². The van der Waals surface area contributed by atoms with Gasteiger partial charge in [0.15, 0.2) is 0 Å². The lowest BCUT2D eigenvalue weighted by molar-refractivity contribution is 0.224. The third-order valence-electron chi connectivity index (χ3n) is 3.96. The molecule has 70 valence electrons. The van der Waals surface area contributed by atoms with Gasteiger partial charge >= 0.3 is 0 Å². The Hall–Kier alpha value is -0.0400. The lowest BCUT2D eigenvalue weighted by Crippen LogP contribution is -2.39.